The van der Waals surface area contributed by atoms with E-state index in [4.69, 9.17) is 16.1 Å². The summed E-state index contributed by atoms with van der Waals surface area (Å²) in [6.45, 7) is 5.37. The molecule has 0 spiro atoms. The summed E-state index contributed by atoms with van der Waals surface area (Å²) in [7, 11) is 0. The topological polar surface area (TPSA) is 58.4 Å². The molecular weight excluding hydrogens is 338 g/mol. The fraction of sp³-hybridized carbons (Fsp3) is 0.474. The molecule has 1 aromatic heterocycles. The van der Waals surface area contributed by atoms with Crippen LogP contribution < -0.4 is 5.32 Å². The van der Waals surface area contributed by atoms with E-state index in [1.54, 1.807) is 0 Å². The third-order valence-corrected chi connectivity index (χ3v) is 4.84. The van der Waals surface area contributed by atoms with Crippen LogP contribution in [0.3, 0.4) is 0 Å². The number of likely N-dealkylation sites (tertiary alicyclic amines) is 1. The maximum Gasteiger partial charge on any atom is 0.223 e. The van der Waals surface area contributed by atoms with E-state index in [1.807, 2.05) is 30.3 Å². The van der Waals surface area contributed by atoms with Crippen molar-refractivity contribution >= 4 is 17.5 Å². The van der Waals surface area contributed by atoms with Crippen molar-refractivity contribution in [1.82, 2.24) is 15.4 Å². The van der Waals surface area contributed by atoms with Crippen molar-refractivity contribution in [1.29, 1.82) is 0 Å². The fourth-order valence-corrected chi connectivity index (χ4v) is 3.24. The second-order valence-corrected chi connectivity index (χ2v) is 6.96. The van der Waals surface area contributed by atoms with Crippen LogP contribution in [0.25, 0.3) is 11.3 Å². The van der Waals surface area contributed by atoms with Gasteiger partial charge in [-0.3, -0.25) is 9.69 Å². The van der Waals surface area contributed by atoms with Crippen LogP contribution in [-0.4, -0.2) is 35.6 Å². The predicted molar refractivity (Wildman–Crippen MR) is 98.3 cm³/mol. The molecule has 0 unspecified atom stereocenters. The van der Waals surface area contributed by atoms with Gasteiger partial charge in [-0.2, -0.15) is 0 Å². The number of nitrogens with one attached hydrogen (secondary N) is 1. The first-order chi connectivity index (χ1) is 12.2. The Morgan fingerprint density at radius 3 is 2.72 bits per heavy atom. The number of carbonyl (C=O) groups is 1. The average molecular weight is 362 g/mol. The molecule has 0 atom stereocenters. The maximum atomic E-state index is 12.0. The van der Waals surface area contributed by atoms with Gasteiger partial charge in [0.1, 0.15) is 5.69 Å². The number of amides is 1. The normalized spacial score (nSPS) is 16.1. The molecule has 1 N–H and O–H groups in total. The zero-order valence-electron chi connectivity index (χ0n) is 14.5. The van der Waals surface area contributed by atoms with E-state index in [1.165, 1.54) is 0 Å². The number of halogens is 1. The highest BCUT2D eigenvalue weighted by Gasteiger charge is 2.25. The minimum atomic E-state index is 0.141. The molecule has 134 valence electrons. The molecule has 3 rings (SSSR count). The van der Waals surface area contributed by atoms with Crippen molar-refractivity contribution in [2.45, 2.75) is 32.7 Å². The highest BCUT2D eigenvalue weighted by atomic mass is 35.5. The maximum absolute atomic E-state index is 12.0. The third-order valence-electron chi connectivity index (χ3n) is 4.59. The van der Waals surface area contributed by atoms with Crippen molar-refractivity contribution in [2.75, 3.05) is 19.6 Å². The molecule has 1 aliphatic heterocycles. The average Bonchev–Trinajstić information content (AvgIpc) is 3.09. The minimum Gasteiger partial charge on any atom is -0.359 e. The van der Waals surface area contributed by atoms with Gasteiger partial charge in [0.05, 0.1) is 6.54 Å². The Kier molecular flexibility index (Phi) is 6.10. The van der Waals surface area contributed by atoms with Crippen molar-refractivity contribution in [2.24, 2.45) is 5.92 Å². The smallest absolute Gasteiger partial charge is 0.223 e. The summed E-state index contributed by atoms with van der Waals surface area (Å²) in [6, 6.07) is 9.54. The molecule has 0 bridgehead atoms. The monoisotopic (exact) mass is 361 g/mol. The molecule has 0 aliphatic carbocycles. The Hall–Kier alpha value is -1.85. The van der Waals surface area contributed by atoms with Crippen LogP contribution in [0.1, 0.15) is 31.9 Å². The molecule has 1 aromatic carbocycles. The SMILES string of the molecule is CCCNC(=O)C1CCN(Cc2cc(-c3ccc(Cl)cc3)no2)CC1. The van der Waals surface area contributed by atoms with E-state index in [0.29, 0.717) is 5.02 Å². The van der Waals surface area contributed by atoms with Crippen LogP contribution in [0.5, 0.6) is 0 Å². The zero-order valence-corrected chi connectivity index (χ0v) is 15.3. The van der Waals surface area contributed by atoms with Crippen LogP contribution in [0, 0.1) is 5.92 Å². The fourth-order valence-electron chi connectivity index (χ4n) is 3.11. The first-order valence-electron chi connectivity index (χ1n) is 8.87. The predicted octanol–water partition coefficient (Wildman–Crippen LogP) is 3.73. The second-order valence-electron chi connectivity index (χ2n) is 6.53. The molecule has 2 aromatic rings. The lowest BCUT2D eigenvalue weighted by atomic mass is 9.96. The summed E-state index contributed by atoms with van der Waals surface area (Å²) < 4.78 is 5.48. The standard InChI is InChI=1S/C19H24ClN3O2/c1-2-9-21-19(24)15-7-10-23(11-8-15)13-17-12-18(22-25-17)14-3-5-16(20)6-4-14/h3-6,12,15H,2,7-11,13H2,1H3,(H,21,24). The Balaban J connectivity index is 1.51. The third kappa shape index (κ3) is 4.83. The molecule has 1 saturated heterocycles. The molecule has 0 radical (unpaired) electrons. The number of rotatable bonds is 6. The van der Waals surface area contributed by atoms with Gasteiger partial charge in [0.25, 0.3) is 0 Å². The Bertz CT molecular complexity index is 691. The number of nitrogens with zero attached hydrogens (tertiary/aromatic N) is 2. The van der Waals surface area contributed by atoms with Crippen molar-refractivity contribution in [3.8, 4) is 11.3 Å². The van der Waals surface area contributed by atoms with E-state index >= 15 is 0 Å². The number of benzene rings is 1. The summed E-state index contributed by atoms with van der Waals surface area (Å²) >= 11 is 5.92. The van der Waals surface area contributed by atoms with Crippen LogP contribution in [0.15, 0.2) is 34.9 Å². The van der Waals surface area contributed by atoms with Gasteiger partial charge < -0.3 is 9.84 Å². The molecule has 1 amide bonds. The van der Waals surface area contributed by atoms with E-state index < -0.39 is 0 Å². The number of piperidine rings is 1. The second kappa shape index (κ2) is 8.50. The van der Waals surface area contributed by atoms with Crippen molar-refractivity contribution < 1.29 is 9.32 Å². The largest absolute Gasteiger partial charge is 0.359 e. The Labute approximate surface area is 153 Å². The lowest BCUT2D eigenvalue weighted by Gasteiger charge is -2.30. The molecular formula is C19H24ClN3O2. The molecule has 2 heterocycles. The summed E-state index contributed by atoms with van der Waals surface area (Å²) in [5, 5.41) is 7.85. The molecule has 6 heteroatoms. The van der Waals surface area contributed by atoms with Crippen molar-refractivity contribution in [3.05, 3.63) is 41.1 Å². The van der Waals surface area contributed by atoms with Gasteiger partial charge in [0.15, 0.2) is 5.76 Å². The highest BCUT2D eigenvalue weighted by Crippen LogP contribution is 2.23. The lowest BCUT2D eigenvalue weighted by Crippen LogP contribution is -2.40. The van der Waals surface area contributed by atoms with E-state index in [-0.39, 0.29) is 11.8 Å². The van der Waals surface area contributed by atoms with E-state index in [9.17, 15) is 4.79 Å². The minimum absolute atomic E-state index is 0.141. The molecule has 1 aliphatic rings. The Morgan fingerprint density at radius 1 is 1.32 bits per heavy atom. The number of hydrogen-bond donors (Lipinski definition) is 1. The Morgan fingerprint density at radius 2 is 2.04 bits per heavy atom. The summed E-state index contributed by atoms with van der Waals surface area (Å²) in [5.41, 5.74) is 1.81. The van der Waals surface area contributed by atoms with Crippen LogP contribution >= 0.6 is 11.6 Å². The van der Waals surface area contributed by atoms with Crippen molar-refractivity contribution in [3.63, 3.8) is 0 Å². The zero-order chi connectivity index (χ0) is 17.6. The van der Waals surface area contributed by atoms with Gasteiger partial charge in [-0.1, -0.05) is 35.8 Å². The first kappa shape index (κ1) is 18.0. The van der Waals surface area contributed by atoms with Gasteiger partial charge in [-0.25, -0.2) is 0 Å². The summed E-state index contributed by atoms with van der Waals surface area (Å²) in [4.78, 5) is 14.4. The summed E-state index contributed by atoms with van der Waals surface area (Å²) in [6.07, 6.45) is 2.77. The van der Waals surface area contributed by atoms with Gasteiger partial charge >= 0.3 is 0 Å². The van der Waals surface area contributed by atoms with E-state index in [2.05, 4.69) is 22.3 Å². The molecule has 0 saturated carbocycles. The van der Waals surface area contributed by atoms with Crippen LogP contribution in [0.2, 0.25) is 5.02 Å². The van der Waals surface area contributed by atoms with E-state index in [0.717, 1.165) is 62.5 Å². The van der Waals surface area contributed by atoms with Gasteiger partial charge in [-0.15, -0.1) is 0 Å². The van der Waals surface area contributed by atoms with Crippen LogP contribution in [-0.2, 0) is 11.3 Å². The molecule has 1 fully saturated rings. The number of hydrogen-bond acceptors (Lipinski definition) is 4. The first-order valence-corrected chi connectivity index (χ1v) is 9.25. The highest BCUT2D eigenvalue weighted by molar-refractivity contribution is 6.30. The number of aromatic nitrogens is 1. The quantitative estimate of drug-likeness (QED) is 0.851. The van der Waals surface area contributed by atoms with Crippen LogP contribution in [0.4, 0.5) is 0 Å². The summed E-state index contributed by atoms with van der Waals surface area (Å²) in [5.74, 6) is 1.19. The lowest BCUT2D eigenvalue weighted by molar-refractivity contribution is -0.126. The molecule has 5 nitrogen and oxygen atoms in total. The van der Waals surface area contributed by atoms with Gasteiger partial charge in [0.2, 0.25) is 5.91 Å². The van der Waals surface area contributed by atoms with Gasteiger partial charge in [0, 0.05) is 29.1 Å². The van der Waals surface area contributed by atoms with Gasteiger partial charge in [-0.05, 0) is 44.5 Å². The molecule has 25 heavy (non-hydrogen) atoms. The number of carbonyl (C=O) groups excluding carboxylic acids is 1.